The van der Waals surface area contributed by atoms with Crippen LogP contribution in [-0.2, 0) is 16.6 Å². The summed E-state index contributed by atoms with van der Waals surface area (Å²) in [6.45, 7) is 0.638. The number of pyridine rings is 1. The lowest BCUT2D eigenvalue weighted by atomic mass is 9.79. The summed E-state index contributed by atoms with van der Waals surface area (Å²) in [5.41, 5.74) is 2.09. The number of carbonyl (C=O) groups is 1. The van der Waals surface area contributed by atoms with Crippen molar-refractivity contribution in [3.05, 3.63) is 65.3 Å². The third-order valence-corrected chi connectivity index (χ3v) is 5.87. The van der Waals surface area contributed by atoms with Gasteiger partial charge in [-0.3, -0.25) is 9.78 Å². The highest BCUT2D eigenvalue weighted by Crippen LogP contribution is 2.40. The van der Waals surface area contributed by atoms with Gasteiger partial charge in [-0.1, -0.05) is 41.7 Å². The lowest BCUT2D eigenvalue weighted by Crippen LogP contribution is -2.39. The van der Waals surface area contributed by atoms with Gasteiger partial charge < -0.3 is 9.84 Å². The van der Waals surface area contributed by atoms with Crippen molar-refractivity contribution >= 4 is 17.5 Å². The van der Waals surface area contributed by atoms with Gasteiger partial charge in [-0.05, 0) is 42.7 Å². The summed E-state index contributed by atoms with van der Waals surface area (Å²) in [5, 5.41) is 7.83. The molecular weight excluding hydrogens is 388 g/mol. The fourth-order valence-corrected chi connectivity index (χ4v) is 4.10. The maximum Gasteiger partial charge on any atom is 0.227 e. The van der Waals surface area contributed by atoms with Crippen LogP contribution in [0.2, 0.25) is 5.02 Å². The van der Waals surface area contributed by atoms with Gasteiger partial charge in [0.1, 0.15) is 0 Å². The Hall–Kier alpha value is -2.73. The zero-order chi connectivity index (χ0) is 20.1. The highest BCUT2D eigenvalue weighted by Gasteiger charge is 2.35. The summed E-state index contributed by atoms with van der Waals surface area (Å²) < 4.78 is 5.27. The molecule has 2 aromatic heterocycles. The molecule has 1 aliphatic carbocycles. The van der Waals surface area contributed by atoms with E-state index in [-0.39, 0.29) is 11.3 Å². The Morgan fingerprint density at radius 1 is 1.10 bits per heavy atom. The SMILES string of the molecule is O=C(CCc1nc(-c2ccncc2)no1)NCC1(c2ccc(Cl)cc2)CCCC1. The normalized spacial score (nSPS) is 15.3. The lowest BCUT2D eigenvalue weighted by molar-refractivity contribution is -0.121. The molecule has 0 radical (unpaired) electrons. The largest absolute Gasteiger partial charge is 0.355 e. The molecule has 3 aromatic rings. The monoisotopic (exact) mass is 410 g/mol. The highest BCUT2D eigenvalue weighted by atomic mass is 35.5. The molecule has 4 rings (SSSR count). The number of benzene rings is 1. The summed E-state index contributed by atoms with van der Waals surface area (Å²) in [5.74, 6) is 0.963. The zero-order valence-electron chi connectivity index (χ0n) is 16.1. The predicted molar refractivity (Wildman–Crippen MR) is 110 cm³/mol. The molecule has 0 aliphatic heterocycles. The van der Waals surface area contributed by atoms with Crippen molar-refractivity contribution < 1.29 is 9.32 Å². The van der Waals surface area contributed by atoms with Gasteiger partial charge in [0.05, 0.1) is 0 Å². The third-order valence-electron chi connectivity index (χ3n) is 5.61. The van der Waals surface area contributed by atoms with Crippen molar-refractivity contribution in [1.82, 2.24) is 20.4 Å². The van der Waals surface area contributed by atoms with Gasteiger partial charge in [-0.2, -0.15) is 4.98 Å². The quantitative estimate of drug-likeness (QED) is 0.626. The van der Waals surface area contributed by atoms with E-state index in [2.05, 4.69) is 32.6 Å². The van der Waals surface area contributed by atoms with E-state index < -0.39 is 0 Å². The van der Waals surface area contributed by atoms with E-state index in [0.29, 0.717) is 31.1 Å². The molecule has 0 bridgehead atoms. The fourth-order valence-electron chi connectivity index (χ4n) is 3.97. The van der Waals surface area contributed by atoms with E-state index in [1.807, 2.05) is 24.3 Å². The Morgan fingerprint density at radius 2 is 1.83 bits per heavy atom. The minimum absolute atomic E-state index is 0.000743. The minimum atomic E-state index is -0.00565. The molecule has 7 heteroatoms. The second-order valence-corrected chi connectivity index (χ2v) is 7.96. The summed E-state index contributed by atoms with van der Waals surface area (Å²) in [7, 11) is 0. The fraction of sp³-hybridized carbons (Fsp3) is 0.364. The maximum absolute atomic E-state index is 12.4. The number of amides is 1. The number of carbonyl (C=O) groups excluding carboxylic acids is 1. The van der Waals surface area contributed by atoms with E-state index in [4.69, 9.17) is 16.1 Å². The molecule has 1 N–H and O–H groups in total. The minimum Gasteiger partial charge on any atom is -0.355 e. The Bertz CT molecular complexity index is 950. The summed E-state index contributed by atoms with van der Waals surface area (Å²) in [6, 6.07) is 11.7. The number of nitrogens with one attached hydrogen (secondary N) is 1. The molecule has 0 unspecified atom stereocenters. The number of hydrogen-bond donors (Lipinski definition) is 1. The Balaban J connectivity index is 1.33. The van der Waals surface area contributed by atoms with Crippen LogP contribution in [0.15, 0.2) is 53.3 Å². The summed E-state index contributed by atoms with van der Waals surface area (Å²) >= 11 is 6.04. The molecule has 6 nitrogen and oxygen atoms in total. The van der Waals surface area contributed by atoms with Crippen LogP contribution in [0.3, 0.4) is 0 Å². The molecule has 1 fully saturated rings. The maximum atomic E-state index is 12.4. The first-order valence-electron chi connectivity index (χ1n) is 9.90. The van der Waals surface area contributed by atoms with Gasteiger partial charge in [-0.25, -0.2) is 0 Å². The van der Waals surface area contributed by atoms with Gasteiger partial charge in [0.2, 0.25) is 17.6 Å². The molecular formula is C22H23ClN4O2. The first-order chi connectivity index (χ1) is 14.1. The Labute approximate surface area is 174 Å². The molecule has 1 aromatic carbocycles. The van der Waals surface area contributed by atoms with E-state index >= 15 is 0 Å². The van der Waals surface area contributed by atoms with Crippen LogP contribution in [0.5, 0.6) is 0 Å². The number of aryl methyl sites for hydroxylation is 1. The lowest BCUT2D eigenvalue weighted by Gasteiger charge is -2.30. The zero-order valence-corrected chi connectivity index (χ0v) is 16.9. The molecule has 0 atom stereocenters. The molecule has 1 aliphatic rings. The first kappa shape index (κ1) is 19.6. The van der Waals surface area contributed by atoms with E-state index in [1.54, 1.807) is 12.4 Å². The van der Waals surface area contributed by atoms with Crippen LogP contribution in [0.1, 0.15) is 43.6 Å². The number of rotatable bonds is 7. The number of aromatic nitrogens is 3. The predicted octanol–water partition coefficient (Wildman–Crippen LogP) is 4.35. The van der Waals surface area contributed by atoms with Crippen molar-refractivity contribution in [1.29, 1.82) is 0 Å². The van der Waals surface area contributed by atoms with Crippen LogP contribution in [0, 0.1) is 0 Å². The van der Waals surface area contributed by atoms with E-state index in [0.717, 1.165) is 23.4 Å². The first-order valence-corrected chi connectivity index (χ1v) is 10.3. The van der Waals surface area contributed by atoms with Crippen molar-refractivity contribution in [3.8, 4) is 11.4 Å². The topological polar surface area (TPSA) is 80.9 Å². The number of halogens is 1. The summed E-state index contributed by atoms with van der Waals surface area (Å²) in [4.78, 5) is 20.8. The van der Waals surface area contributed by atoms with Crippen molar-refractivity contribution in [3.63, 3.8) is 0 Å². The third kappa shape index (κ3) is 4.65. The smallest absolute Gasteiger partial charge is 0.227 e. The van der Waals surface area contributed by atoms with Crippen LogP contribution >= 0.6 is 11.6 Å². The van der Waals surface area contributed by atoms with Crippen molar-refractivity contribution in [2.24, 2.45) is 0 Å². The molecule has 0 spiro atoms. The van der Waals surface area contributed by atoms with Crippen LogP contribution in [-0.4, -0.2) is 27.6 Å². The Kier molecular flexibility index (Phi) is 5.90. The number of hydrogen-bond acceptors (Lipinski definition) is 5. The van der Waals surface area contributed by atoms with Gasteiger partial charge >= 0.3 is 0 Å². The average molecular weight is 411 g/mol. The highest BCUT2D eigenvalue weighted by molar-refractivity contribution is 6.30. The molecule has 150 valence electrons. The molecule has 29 heavy (non-hydrogen) atoms. The van der Waals surface area contributed by atoms with Crippen molar-refractivity contribution in [2.45, 2.75) is 43.9 Å². The molecule has 1 saturated carbocycles. The van der Waals surface area contributed by atoms with Gasteiger partial charge in [0.15, 0.2) is 0 Å². The number of nitrogens with zero attached hydrogens (tertiary/aromatic N) is 3. The Morgan fingerprint density at radius 3 is 2.55 bits per heavy atom. The second-order valence-electron chi connectivity index (χ2n) is 7.52. The molecule has 1 amide bonds. The van der Waals surface area contributed by atoms with Gasteiger partial charge in [-0.15, -0.1) is 0 Å². The standard InChI is InChI=1S/C22H23ClN4O2/c23-18-5-3-17(4-6-18)22(11-1-2-12-22)15-25-19(28)7-8-20-26-21(27-29-20)16-9-13-24-14-10-16/h3-6,9-10,13-14H,1-2,7-8,11-12,15H2,(H,25,28). The van der Waals surface area contributed by atoms with Gasteiger partial charge in [0, 0.05) is 47.8 Å². The molecule has 2 heterocycles. The second kappa shape index (κ2) is 8.74. The molecule has 0 saturated heterocycles. The van der Waals surface area contributed by atoms with Crippen LogP contribution in [0.25, 0.3) is 11.4 Å². The van der Waals surface area contributed by atoms with Crippen LogP contribution in [0.4, 0.5) is 0 Å². The summed E-state index contributed by atoms with van der Waals surface area (Å²) in [6.07, 6.45) is 8.60. The van der Waals surface area contributed by atoms with Crippen LogP contribution < -0.4 is 5.32 Å². The van der Waals surface area contributed by atoms with E-state index in [1.165, 1.54) is 18.4 Å². The van der Waals surface area contributed by atoms with E-state index in [9.17, 15) is 4.79 Å². The van der Waals surface area contributed by atoms with Crippen molar-refractivity contribution in [2.75, 3.05) is 6.54 Å². The average Bonchev–Trinajstić information content (AvgIpc) is 3.42. The van der Waals surface area contributed by atoms with Gasteiger partial charge in [0.25, 0.3) is 0 Å².